The number of nitrogens with one attached hydrogen (secondary N) is 1. The molecule has 0 radical (unpaired) electrons. The molecule has 1 N–H and O–H groups in total. The average molecular weight is 489 g/mol. The summed E-state index contributed by atoms with van der Waals surface area (Å²) in [6, 6.07) is 3.59. The molecule has 0 aliphatic heterocycles. The Balaban J connectivity index is 1.65. The Hall–Kier alpha value is -2.24. The Morgan fingerprint density at radius 3 is 2.79 bits per heavy atom. The van der Waals surface area contributed by atoms with Crippen LogP contribution in [-0.2, 0) is 11.3 Å². The highest BCUT2D eigenvalue weighted by Crippen LogP contribution is 2.28. The highest BCUT2D eigenvalue weighted by atomic mass is 79.9. The molecular weight excluding hydrogens is 473 g/mol. The molecule has 11 heteroatoms. The lowest BCUT2D eigenvalue weighted by molar-refractivity contribution is -0.117. The molecule has 2 heterocycles. The summed E-state index contributed by atoms with van der Waals surface area (Å²) in [5.74, 6) is -4.20. The maximum Gasteiger partial charge on any atom is 0.241 e. The van der Waals surface area contributed by atoms with Gasteiger partial charge in [-0.15, -0.1) is 11.3 Å². The minimum Gasteiger partial charge on any atom is -0.338 e. The number of aromatic nitrogens is 2. The van der Waals surface area contributed by atoms with Crippen molar-refractivity contribution in [3.63, 3.8) is 0 Å². The Morgan fingerprint density at radius 2 is 2.10 bits per heavy atom. The number of carbonyl (C=O) groups is 1. The molecule has 1 amide bonds. The van der Waals surface area contributed by atoms with Crippen LogP contribution in [0.2, 0.25) is 0 Å². The molecule has 29 heavy (non-hydrogen) atoms. The van der Waals surface area contributed by atoms with Crippen molar-refractivity contribution in [2.24, 2.45) is 0 Å². The molecule has 0 aliphatic carbocycles. The molecule has 2 aromatic heterocycles. The third-order valence-electron chi connectivity index (χ3n) is 3.83. The van der Waals surface area contributed by atoms with Crippen LogP contribution in [0.1, 0.15) is 19.2 Å². The van der Waals surface area contributed by atoms with Gasteiger partial charge in [-0.2, -0.15) is 4.98 Å². The van der Waals surface area contributed by atoms with Crippen molar-refractivity contribution in [1.82, 2.24) is 15.0 Å². The van der Waals surface area contributed by atoms with Gasteiger partial charge < -0.3 is 9.84 Å². The van der Waals surface area contributed by atoms with Crippen LogP contribution in [-0.4, -0.2) is 34.0 Å². The van der Waals surface area contributed by atoms with Crippen molar-refractivity contribution >= 4 is 38.9 Å². The summed E-state index contributed by atoms with van der Waals surface area (Å²) in [4.78, 5) is 19.2. The maximum atomic E-state index is 13.7. The SMILES string of the molecule is CCCN(CC(=O)Nc1ccc(F)c(F)c1F)Cc1nc(-c2cc(Br)cs2)no1. The number of hydrogen-bond acceptors (Lipinski definition) is 6. The number of rotatable bonds is 8. The second kappa shape index (κ2) is 9.51. The van der Waals surface area contributed by atoms with E-state index in [2.05, 4.69) is 31.4 Å². The first-order valence-electron chi connectivity index (χ1n) is 8.60. The molecule has 0 atom stereocenters. The summed E-state index contributed by atoms with van der Waals surface area (Å²) < 4.78 is 46.2. The van der Waals surface area contributed by atoms with Crippen LogP contribution in [0.15, 0.2) is 32.6 Å². The van der Waals surface area contributed by atoms with E-state index in [9.17, 15) is 18.0 Å². The number of benzene rings is 1. The molecule has 3 rings (SSSR count). The van der Waals surface area contributed by atoms with Crippen molar-refractivity contribution in [3.8, 4) is 10.7 Å². The summed E-state index contributed by atoms with van der Waals surface area (Å²) in [5, 5.41) is 8.09. The molecule has 154 valence electrons. The van der Waals surface area contributed by atoms with E-state index in [0.717, 1.165) is 27.9 Å². The number of anilines is 1. The third-order valence-corrected chi connectivity index (χ3v) is 5.52. The first kappa shape index (κ1) is 21.5. The Morgan fingerprint density at radius 1 is 1.31 bits per heavy atom. The van der Waals surface area contributed by atoms with Gasteiger partial charge in [0.2, 0.25) is 17.6 Å². The largest absolute Gasteiger partial charge is 0.338 e. The predicted molar refractivity (Wildman–Crippen MR) is 106 cm³/mol. The summed E-state index contributed by atoms with van der Waals surface area (Å²) in [6.07, 6.45) is 0.742. The van der Waals surface area contributed by atoms with Gasteiger partial charge in [-0.25, -0.2) is 13.2 Å². The summed E-state index contributed by atoms with van der Waals surface area (Å²) >= 11 is 4.82. The number of thiophene rings is 1. The van der Waals surface area contributed by atoms with Gasteiger partial charge in [0.05, 0.1) is 23.7 Å². The normalized spacial score (nSPS) is 11.2. The van der Waals surface area contributed by atoms with E-state index in [1.807, 2.05) is 18.4 Å². The highest BCUT2D eigenvalue weighted by molar-refractivity contribution is 9.10. The zero-order valence-electron chi connectivity index (χ0n) is 15.2. The molecule has 0 aliphatic rings. The minimum absolute atomic E-state index is 0.117. The molecule has 0 unspecified atom stereocenters. The molecular formula is C18H16BrF3N4O2S. The van der Waals surface area contributed by atoms with Crippen molar-refractivity contribution < 1.29 is 22.5 Å². The fourth-order valence-electron chi connectivity index (χ4n) is 2.59. The topological polar surface area (TPSA) is 71.3 Å². The molecule has 0 fully saturated rings. The number of carbonyl (C=O) groups excluding carboxylic acids is 1. The zero-order valence-corrected chi connectivity index (χ0v) is 17.6. The van der Waals surface area contributed by atoms with Gasteiger partial charge in [0.15, 0.2) is 17.5 Å². The van der Waals surface area contributed by atoms with Crippen molar-refractivity contribution in [2.45, 2.75) is 19.9 Å². The van der Waals surface area contributed by atoms with E-state index in [1.54, 1.807) is 4.90 Å². The standard InChI is InChI=1S/C18H16BrF3N4O2S/c1-2-5-26(7-14(27)23-12-4-3-11(20)16(21)17(12)22)8-15-24-18(25-28-15)13-6-10(19)9-29-13/h3-4,6,9H,2,5,7-8H2,1H3,(H,23,27). The number of nitrogens with zero attached hydrogens (tertiary/aromatic N) is 3. The van der Waals surface area contributed by atoms with Crippen molar-refractivity contribution in [1.29, 1.82) is 0 Å². The van der Waals surface area contributed by atoms with Crippen LogP contribution in [0.4, 0.5) is 18.9 Å². The average Bonchev–Trinajstić information content (AvgIpc) is 3.31. The van der Waals surface area contributed by atoms with Gasteiger partial charge in [-0.05, 0) is 47.1 Å². The second-order valence-electron chi connectivity index (χ2n) is 6.12. The number of amides is 1. The zero-order chi connectivity index (χ0) is 21.0. The predicted octanol–water partition coefficient (Wildman–Crippen LogP) is 4.83. The van der Waals surface area contributed by atoms with Gasteiger partial charge >= 0.3 is 0 Å². The van der Waals surface area contributed by atoms with Crippen LogP contribution in [0.5, 0.6) is 0 Å². The molecule has 0 spiro atoms. The summed E-state index contributed by atoms with van der Waals surface area (Å²) in [7, 11) is 0. The van der Waals surface area contributed by atoms with E-state index in [-0.39, 0.29) is 13.1 Å². The van der Waals surface area contributed by atoms with Crippen molar-refractivity contribution in [2.75, 3.05) is 18.4 Å². The molecule has 0 saturated carbocycles. The molecule has 0 saturated heterocycles. The lowest BCUT2D eigenvalue weighted by Crippen LogP contribution is -2.33. The Labute approximate surface area is 176 Å². The van der Waals surface area contributed by atoms with Crippen LogP contribution in [0, 0.1) is 17.5 Å². The quantitative estimate of drug-likeness (QED) is 0.459. The fourth-order valence-corrected chi connectivity index (χ4v) is 3.94. The molecule has 1 aromatic carbocycles. The third kappa shape index (κ3) is 5.43. The van der Waals surface area contributed by atoms with E-state index in [4.69, 9.17) is 4.52 Å². The van der Waals surface area contributed by atoms with Gasteiger partial charge in [0, 0.05) is 9.85 Å². The molecule has 6 nitrogen and oxygen atoms in total. The number of hydrogen-bond donors (Lipinski definition) is 1. The summed E-state index contributed by atoms with van der Waals surface area (Å²) in [6.45, 7) is 2.56. The number of halogens is 4. The van der Waals surface area contributed by atoms with E-state index < -0.39 is 29.0 Å². The lowest BCUT2D eigenvalue weighted by Gasteiger charge is -2.19. The maximum absolute atomic E-state index is 13.7. The van der Waals surface area contributed by atoms with E-state index in [0.29, 0.717) is 18.3 Å². The molecule has 3 aromatic rings. The minimum atomic E-state index is -1.63. The summed E-state index contributed by atoms with van der Waals surface area (Å²) in [5.41, 5.74) is -0.423. The van der Waals surface area contributed by atoms with E-state index in [1.165, 1.54) is 11.3 Å². The van der Waals surface area contributed by atoms with Crippen LogP contribution in [0.25, 0.3) is 10.7 Å². The monoisotopic (exact) mass is 488 g/mol. The van der Waals surface area contributed by atoms with Gasteiger partial charge in [0.1, 0.15) is 0 Å². The lowest BCUT2D eigenvalue weighted by atomic mass is 10.2. The Kier molecular flexibility index (Phi) is 7.04. The van der Waals surface area contributed by atoms with Crippen LogP contribution >= 0.6 is 27.3 Å². The van der Waals surface area contributed by atoms with Crippen LogP contribution in [0.3, 0.4) is 0 Å². The van der Waals surface area contributed by atoms with Gasteiger partial charge in [0.25, 0.3) is 0 Å². The Bertz CT molecular complexity index is 1010. The van der Waals surface area contributed by atoms with E-state index >= 15 is 0 Å². The molecule has 0 bridgehead atoms. The van der Waals surface area contributed by atoms with Gasteiger partial charge in [-0.3, -0.25) is 9.69 Å². The smallest absolute Gasteiger partial charge is 0.241 e. The highest BCUT2D eigenvalue weighted by Gasteiger charge is 2.19. The first-order chi connectivity index (χ1) is 13.9. The van der Waals surface area contributed by atoms with Crippen molar-refractivity contribution in [3.05, 3.63) is 51.4 Å². The van der Waals surface area contributed by atoms with Crippen LogP contribution < -0.4 is 5.32 Å². The fraction of sp³-hybridized carbons (Fsp3) is 0.278. The second-order valence-corrected chi connectivity index (χ2v) is 7.95. The van der Waals surface area contributed by atoms with Gasteiger partial charge in [-0.1, -0.05) is 12.1 Å². The first-order valence-corrected chi connectivity index (χ1v) is 10.3.